The van der Waals surface area contributed by atoms with Crippen LogP contribution in [0.2, 0.25) is 0 Å². The maximum absolute atomic E-state index is 10.7. The normalized spacial score (nSPS) is 12.6. The molecule has 0 amide bonds. The van der Waals surface area contributed by atoms with Crippen LogP contribution in [0, 0.1) is 6.92 Å². The molecule has 20 heavy (non-hydrogen) atoms. The van der Waals surface area contributed by atoms with Crippen molar-refractivity contribution in [3.63, 3.8) is 0 Å². The summed E-state index contributed by atoms with van der Waals surface area (Å²) in [6.45, 7) is 3.79. The largest absolute Gasteiger partial charge is 0.481 e. The molecule has 8 heteroatoms. The first kappa shape index (κ1) is 15.0. The quantitative estimate of drug-likeness (QED) is 0.792. The third-order valence-corrected chi connectivity index (χ3v) is 4.86. The molecule has 2 N–H and O–H groups in total. The zero-order valence-corrected chi connectivity index (χ0v) is 12.7. The Balaban J connectivity index is 2.32. The van der Waals surface area contributed by atoms with Gasteiger partial charge >= 0.3 is 5.97 Å². The zero-order valence-electron chi connectivity index (χ0n) is 11.1. The summed E-state index contributed by atoms with van der Waals surface area (Å²) in [7, 11) is 0. The predicted octanol–water partition coefficient (Wildman–Crippen LogP) is 1.93. The number of rotatable bonds is 6. The third-order valence-electron chi connectivity index (χ3n) is 2.76. The minimum absolute atomic E-state index is 0.0397. The Morgan fingerprint density at radius 3 is 2.80 bits per heavy atom. The van der Waals surface area contributed by atoms with Gasteiger partial charge in [0.25, 0.3) is 0 Å². The molecule has 0 aliphatic heterocycles. The number of thioether (sulfide) groups is 1. The molecular weight excluding hydrogens is 298 g/mol. The number of carboxylic acids is 1. The molecule has 2 aromatic heterocycles. The summed E-state index contributed by atoms with van der Waals surface area (Å²) >= 11 is 2.77. The highest BCUT2D eigenvalue weighted by molar-refractivity contribution is 7.99. The lowest BCUT2D eigenvalue weighted by atomic mass is 10.2. The van der Waals surface area contributed by atoms with Gasteiger partial charge in [-0.3, -0.25) is 9.36 Å². The molecule has 0 saturated carbocycles. The highest BCUT2D eigenvalue weighted by Crippen LogP contribution is 2.30. The van der Waals surface area contributed by atoms with Crippen molar-refractivity contribution < 1.29 is 15.0 Å². The number of carbonyl (C=O) groups is 1. The molecule has 0 aromatic carbocycles. The van der Waals surface area contributed by atoms with E-state index in [0.29, 0.717) is 11.0 Å². The molecule has 2 rings (SSSR count). The van der Waals surface area contributed by atoms with Crippen molar-refractivity contribution in [1.29, 1.82) is 0 Å². The number of aliphatic hydroxyl groups is 1. The van der Waals surface area contributed by atoms with Crippen LogP contribution in [0.5, 0.6) is 0 Å². The molecule has 1 atom stereocenters. The van der Waals surface area contributed by atoms with Crippen molar-refractivity contribution in [1.82, 2.24) is 14.8 Å². The van der Waals surface area contributed by atoms with Gasteiger partial charge in [0.2, 0.25) is 0 Å². The van der Waals surface area contributed by atoms with E-state index in [1.165, 1.54) is 4.88 Å². The summed E-state index contributed by atoms with van der Waals surface area (Å²) in [5, 5.41) is 26.5. The Kier molecular flexibility index (Phi) is 4.79. The fraction of sp³-hybridized carbons (Fsp3) is 0.417. The monoisotopic (exact) mass is 313 g/mol. The fourth-order valence-corrected chi connectivity index (χ4v) is 3.51. The Bertz CT molecular complexity index is 609. The summed E-state index contributed by atoms with van der Waals surface area (Å²) in [4.78, 5) is 13.0. The molecule has 0 fully saturated rings. The van der Waals surface area contributed by atoms with E-state index in [0.717, 1.165) is 16.6 Å². The van der Waals surface area contributed by atoms with E-state index >= 15 is 0 Å². The number of aliphatic hydroxyl groups excluding tert-OH is 1. The SMILES string of the molecule is Cc1ccc(C(C)n2c(CO)nnc2SCC(=O)O)s1. The first-order valence-electron chi connectivity index (χ1n) is 5.98. The summed E-state index contributed by atoms with van der Waals surface area (Å²) < 4.78 is 1.79. The molecular formula is C12H15N3O3S2. The van der Waals surface area contributed by atoms with E-state index in [1.54, 1.807) is 15.9 Å². The molecule has 2 heterocycles. The van der Waals surface area contributed by atoms with E-state index in [1.807, 2.05) is 26.0 Å². The van der Waals surface area contributed by atoms with Crippen LogP contribution in [0.15, 0.2) is 17.3 Å². The van der Waals surface area contributed by atoms with Crippen LogP contribution in [0.1, 0.15) is 28.5 Å². The van der Waals surface area contributed by atoms with Crippen LogP contribution in [0.3, 0.4) is 0 Å². The highest BCUT2D eigenvalue weighted by atomic mass is 32.2. The van der Waals surface area contributed by atoms with Gasteiger partial charge in [-0.15, -0.1) is 21.5 Å². The van der Waals surface area contributed by atoms with Crippen molar-refractivity contribution in [2.75, 3.05) is 5.75 Å². The maximum Gasteiger partial charge on any atom is 0.313 e. The van der Waals surface area contributed by atoms with Crippen LogP contribution >= 0.6 is 23.1 Å². The van der Waals surface area contributed by atoms with Gasteiger partial charge in [-0.2, -0.15) is 0 Å². The van der Waals surface area contributed by atoms with Gasteiger partial charge in [0.1, 0.15) is 6.61 Å². The van der Waals surface area contributed by atoms with Gasteiger partial charge in [0.15, 0.2) is 11.0 Å². The molecule has 0 bridgehead atoms. The van der Waals surface area contributed by atoms with Gasteiger partial charge < -0.3 is 10.2 Å². The molecule has 0 saturated heterocycles. The third kappa shape index (κ3) is 3.20. The summed E-state index contributed by atoms with van der Waals surface area (Å²) in [6.07, 6.45) is 0. The second kappa shape index (κ2) is 6.38. The average molecular weight is 313 g/mol. The molecule has 0 aliphatic carbocycles. The number of aliphatic carboxylic acids is 1. The topological polar surface area (TPSA) is 88.2 Å². The molecule has 0 aliphatic rings. The van der Waals surface area contributed by atoms with Crippen LogP contribution in [-0.2, 0) is 11.4 Å². The number of aryl methyl sites for hydroxylation is 1. The zero-order chi connectivity index (χ0) is 14.7. The summed E-state index contributed by atoms with van der Waals surface area (Å²) in [5.74, 6) is -0.550. The van der Waals surface area contributed by atoms with Gasteiger partial charge in [0, 0.05) is 9.75 Å². The van der Waals surface area contributed by atoms with Crippen molar-refractivity contribution in [2.24, 2.45) is 0 Å². The molecule has 6 nitrogen and oxygen atoms in total. The van der Waals surface area contributed by atoms with Crippen molar-refractivity contribution in [2.45, 2.75) is 31.7 Å². The van der Waals surface area contributed by atoms with E-state index < -0.39 is 5.97 Å². The molecule has 108 valence electrons. The smallest absolute Gasteiger partial charge is 0.313 e. The lowest BCUT2D eigenvalue weighted by molar-refractivity contribution is -0.133. The van der Waals surface area contributed by atoms with Gasteiger partial charge in [-0.25, -0.2) is 0 Å². The maximum atomic E-state index is 10.7. The standard InChI is InChI=1S/C12H15N3O3S2/c1-7-3-4-9(20-7)8(2)15-10(5-16)13-14-12(15)19-6-11(17)18/h3-4,8,16H,5-6H2,1-2H3,(H,17,18). The van der Waals surface area contributed by atoms with Gasteiger partial charge in [-0.05, 0) is 26.0 Å². The second-order valence-electron chi connectivity index (χ2n) is 4.23. The number of carboxylic acid groups (broad SMARTS) is 1. The van der Waals surface area contributed by atoms with Crippen LogP contribution in [0.25, 0.3) is 0 Å². The first-order chi connectivity index (χ1) is 9.52. The van der Waals surface area contributed by atoms with Gasteiger partial charge in [-0.1, -0.05) is 11.8 Å². The van der Waals surface area contributed by atoms with Crippen molar-refractivity contribution >= 4 is 29.1 Å². The number of aromatic nitrogens is 3. The first-order valence-corrected chi connectivity index (χ1v) is 7.78. The van der Waals surface area contributed by atoms with Gasteiger partial charge in [0.05, 0.1) is 11.8 Å². The van der Waals surface area contributed by atoms with Crippen LogP contribution < -0.4 is 0 Å². The number of thiophene rings is 1. The van der Waals surface area contributed by atoms with E-state index in [4.69, 9.17) is 5.11 Å². The number of hydrogen-bond acceptors (Lipinski definition) is 6. The van der Waals surface area contributed by atoms with E-state index in [9.17, 15) is 9.90 Å². The molecule has 0 spiro atoms. The molecule has 1 unspecified atom stereocenters. The Morgan fingerprint density at radius 2 is 2.25 bits per heavy atom. The lowest BCUT2D eigenvalue weighted by Gasteiger charge is -2.15. The van der Waals surface area contributed by atoms with Crippen molar-refractivity contribution in [3.8, 4) is 0 Å². The van der Waals surface area contributed by atoms with E-state index in [-0.39, 0.29) is 18.4 Å². The highest BCUT2D eigenvalue weighted by Gasteiger charge is 2.20. The van der Waals surface area contributed by atoms with Crippen molar-refractivity contribution in [3.05, 3.63) is 27.7 Å². The molecule has 0 radical (unpaired) electrons. The van der Waals surface area contributed by atoms with Crippen LogP contribution in [-0.4, -0.2) is 36.7 Å². The second-order valence-corrected chi connectivity index (χ2v) is 6.50. The van der Waals surface area contributed by atoms with E-state index in [2.05, 4.69) is 10.2 Å². The number of hydrogen-bond donors (Lipinski definition) is 2. The predicted molar refractivity (Wildman–Crippen MR) is 77.2 cm³/mol. The Morgan fingerprint density at radius 1 is 1.50 bits per heavy atom. The Hall–Kier alpha value is -1.38. The average Bonchev–Trinajstić information content (AvgIpc) is 3.01. The fourth-order valence-electron chi connectivity index (χ4n) is 1.83. The lowest BCUT2D eigenvalue weighted by Crippen LogP contribution is -2.12. The summed E-state index contributed by atoms with van der Waals surface area (Å²) in [5.41, 5.74) is 0. The Labute approximate surface area is 124 Å². The number of nitrogens with zero attached hydrogens (tertiary/aromatic N) is 3. The summed E-state index contributed by atoms with van der Waals surface area (Å²) in [6, 6.07) is 4.02. The molecule has 2 aromatic rings. The minimum atomic E-state index is -0.908. The van der Waals surface area contributed by atoms with Crippen LogP contribution in [0.4, 0.5) is 0 Å². The minimum Gasteiger partial charge on any atom is -0.481 e.